The maximum absolute atomic E-state index is 5.47. The lowest BCUT2D eigenvalue weighted by Crippen LogP contribution is -2.30. The molecule has 1 N–H and O–H groups in total. The number of unbranched alkanes of at least 4 members (excludes halogenated alkanes) is 1. The van der Waals surface area contributed by atoms with E-state index in [2.05, 4.69) is 39.2 Å². The number of methoxy groups -OCH3 is 1. The first-order valence-electron chi connectivity index (χ1n) is 9.48. The molecule has 2 aromatic heterocycles. The van der Waals surface area contributed by atoms with Crippen LogP contribution in [0.3, 0.4) is 0 Å². The summed E-state index contributed by atoms with van der Waals surface area (Å²) in [5, 5.41) is 8.43. The number of anilines is 1. The average molecular weight is 369 g/mol. The molecule has 27 heavy (non-hydrogen) atoms. The third kappa shape index (κ3) is 4.36. The fraction of sp³-hybridized carbons (Fsp3) is 0.450. The van der Waals surface area contributed by atoms with E-state index in [9.17, 15) is 0 Å². The predicted octanol–water partition coefficient (Wildman–Crippen LogP) is 3.83. The minimum absolute atomic E-state index is 0.465. The predicted molar refractivity (Wildman–Crippen MR) is 107 cm³/mol. The van der Waals surface area contributed by atoms with Crippen LogP contribution in [-0.2, 0) is 0 Å². The van der Waals surface area contributed by atoms with E-state index < -0.39 is 0 Å². The van der Waals surface area contributed by atoms with Crippen molar-refractivity contribution in [1.82, 2.24) is 20.0 Å². The molecule has 7 nitrogen and oxygen atoms in total. The SMILES string of the molecule is CCCCN(CC)CCNc1ncnc2onc(-c3ccccc3OC)c12. The quantitative estimate of drug-likeness (QED) is 0.582. The fourth-order valence-corrected chi connectivity index (χ4v) is 3.09. The summed E-state index contributed by atoms with van der Waals surface area (Å²) in [6, 6.07) is 7.73. The number of fused-ring (bicyclic) bond motifs is 1. The molecule has 7 heteroatoms. The van der Waals surface area contributed by atoms with Gasteiger partial charge >= 0.3 is 0 Å². The number of hydrogen-bond acceptors (Lipinski definition) is 7. The summed E-state index contributed by atoms with van der Waals surface area (Å²) in [4.78, 5) is 11.1. The van der Waals surface area contributed by atoms with E-state index in [1.165, 1.54) is 19.2 Å². The number of likely N-dealkylation sites (N-methyl/N-ethyl adjacent to an activating group) is 1. The molecule has 0 spiro atoms. The maximum atomic E-state index is 5.47. The molecule has 0 aliphatic rings. The highest BCUT2D eigenvalue weighted by molar-refractivity contribution is 5.98. The van der Waals surface area contributed by atoms with Crippen LogP contribution in [0.2, 0.25) is 0 Å². The Morgan fingerprint density at radius 1 is 1.15 bits per heavy atom. The molecule has 0 unspecified atom stereocenters. The van der Waals surface area contributed by atoms with Crippen molar-refractivity contribution in [2.75, 3.05) is 38.6 Å². The second kappa shape index (κ2) is 9.32. The molecular formula is C20H27N5O2. The monoisotopic (exact) mass is 369 g/mol. The minimum atomic E-state index is 0.465. The molecule has 2 heterocycles. The summed E-state index contributed by atoms with van der Waals surface area (Å²) < 4.78 is 10.9. The van der Waals surface area contributed by atoms with Crippen molar-refractivity contribution >= 4 is 16.9 Å². The zero-order valence-corrected chi connectivity index (χ0v) is 16.2. The molecule has 0 amide bonds. The Morgan fingerprint density at radius 3 is 2.78 bits per heavy atom. The Hall–Kier alpha value is -2.67. The van der Waals surface area contributed by atoms with Gasteiger partial charge in [0.1, 0.15) is 29.0 Å². The van der Waals surface area contributed by atoms with Gasteiger partial charge < -0.3 is 19.5 Å². The fourth-order valence-electron chi connectivity index (χ4n) is 3.09. The van der Waals surface area contributed by atoms with Crippen LogP contribution in [0.15, 0.2) is 35.1 Å². The van der Waals surface area contributed by atoms with E-state index in [0.717, 1.165) is 48.7 Å². The Labute approximate surface area is 159 Å². The topological polar surface area (TPSA) is 76.3 Å². The first-order chi connectivity index (χ1) is 13.3. The van der Waals surface area contributed by atoms with E-state index in [0.29, 0.717) is 11.4 Å². The molecular weight excluding hydrogens is 342 g/mol. The second-order valence-electron chi connectivity index (χ2n) is 6.35. The van der Waals surface area contributed by atoms with Crippen molar-refractivity contribution < 1.29 is 9.26 Å². The van der Waals surface area contributed by atoms with Crippen LogP contribution in [0.1, 0.15) is 26.7 Å². The van der Waals surface area contributed by atoms with Crippen LogP contribution in [0.25, 0.3) is 22.4 Å². The molecule has 1 aromatic carbocycles. The molecule has 0 saturated heterocycles. The van der Waals surface area contributed by atoms with Gasteiger partial charge in [0.2, 0.25) is 0 Å². The molecule has 144 valence electrons. The van der Waals surface area contributed by atoms with Gasteiger partial charge in [-0.25, -0.2) is 4.98 Å². The van der Waals surface area contributed by atoms with Crippen molar-refractivity contribution in [3.05, 3.63) is 30.6 Å². The summed E-state index contributed by atoms with van der Waals surface area (Å²) >= 11 is 0. The van der Waals surface area contributed by atoms with Gasteiger partial charge in [-0.1, -0.05) is 37.6 Å². The van der Waals surface area contributed by atoms with Crippen LogP contribution in [0, 0.1) is 0 Å². The Morgan fingerprint density at radius 2 is 2.00 bits per heavy atom. The summed E-state index contributed by atoms with van der Waals surface area (Å²) in [6.07, 6.45) is 3.92. The van der Waals surface area contributed by atoms with Gasteiger partial charge in [0.25, 0.3) is 5.71 Å². The highest BCUT2D eigenvalue weighted by Gasteiger charge is 2.19. The van der Waals surface area contributed by atoms with Crippen molar-refractivity contribution in [2.24, 2.45) is 0 Å². The summed E-state index contributed by atoms with van der Waals surface area (Å²) in [5.74, 6) is 1.47. The smallest absolute Gasteiger partial charge is 0.263 e. The molecule has 0 radical (unpaired) electrons. The summed E-state index contributed by atoms with van der Waals surface area (Å²) in [7, 11) is 1.65. The lowest BCUT2D eigenvalue weighted by molar-refractivity contribution is 0.294. The minimum Gasteiger partial charge on any atom is -0.496 e. The Balaban J connectivity index is 1.83. The molecule has 0 bridgehead atoms. The number of hydrogen-bond donors (Lipinski definition) is 1. The maximum Gasteiger partial charge on any atom is 0.263 e. The third-order valence-electron chi connectivity index (χ3n) is 4.63. The van der Waals surface area contributed by atoms with Gasteiger partial charge in [0, 0.05) is 18.7 Å². The molecule has 3 aromatic rings. The average Bonchev–Trinajstić information content (AvgIpc) is 3.15. The zero-order valence-electron chi connectivity index (χ0n) is 16.2. The molecule has 0 fully saturated rings. The van der Waals surface area contributed by atoms with Gasteiger partial charge in [-0.15, -0.1) is 0 Å². The number of nitrogens with zero attached hydrogens (tertiary/aromatic N) is 4. The largest absolute Gasteiger partial charge is 0.496 e. The molecule has 0 atom stereocenters. The first-order valence-corrected chi connectivity index (χ1v) is 9.48. The Kier molecular flexibility index (Phi) is 6.59. The molecule has 0 aliphatic carbocycles. The van der Waals surface area contributed by atoms with Crippen LogP contribution in [0.4, 0.5) is 5.82 Å². The number of benzene rings is 1. The van der Waals surface area contributed by atoms with Gasteiger partial charge in [-0.3, -0.25) is 0 Å². The molecule has 0 aliphatic heterocycles. The first kappa shape index (κ1) is 19.1. The lowest BCUT2D eigenvalue weighted by atomic mass is 10.1. The summed E-state index contributed by atoms with van der Waals surface area (Å²) in [5.41, 5.74) is 2.00. The van der Waals surface area contributed by atoms with E-state index in [1.807, 2.05) is 24.3 Å². The van der Waals surface area contributed by atoms with Crippen molar-refractivity contribution in [2.45, 2.75) is 26.7 Å². The number of aromatic nitrogens is 3. The summed E-state index contributed by atoms with van der Waals surface area (Å²) in [6.45, 7) is 8.32. The van der Waals surface area contributed by atoms with Crippen LogP contribution in [-0.4, -0.2) is 53.3 Å². The van der Waals surface area contributed by atoms with E-state index in [4.69, 9.17) is 9.26 Å². The normalized spacial score (nSPS) is 11.3. The van der Waals surface area contributed by atoms with Crippen molar-refractivity contribution in [1.29, 1.82) is 0 Å². The van der Waals surface area contributed by atoms with Crippen LogP contribution in [0.5, 0.6) is 5.75 Å². The third-order valence-corrected chi connectivity index (χ3v) is 4.63. The van der Waals surface area contributed by atoms with E-state index in [1.54, 1.807) is 7.11 Å². The highest BCUT2D eigenvalue weighted by atomic mass is 16.5. The standard InChI is InChI=1S/C20H27N5O2/c1-4-6-12-25(5-2)13-11-21-19-17-18(24-27-20(17)23-14-22-19)15-9-7-8-10-16(15)26-3/h7-10,14H,4-6,11-13H2,1-3H3,(H,21,22,23). The number of para-hydroxylation sites is 1. The second-order valence-corrected chi connectivity index (χ2v) is 6.35. The van der Waals surface area contributed by atoms with Gasteiger partial charge in [-0.05, 0) is 31.6 Å². The van der Waals surface area contributed by atoms with Gasteiger partial charge in [-0.2, -0.15) is 4.98 Å². The number of rotatable bonds is 10. The van der Waals surface area contributed by atoms with Crippen LogP contribution >= 0.6 is 0 Å². The lowest BCUT2D eigenvalue weighted by Gasteiger charge is -2.20. The zero-order chi connectivity index (χ0) is 19.1. The van der Waals surface area contributed by atoms with E-state index in [-0.39, 0.29) is 0 Å². The Bertz CT molecular complexity index is 864. The highest BCUT2D eigenvalue weighted by Crippen LogP contribution is 2.36. The van der Waals surface area contributed by atoms with Gasteiger partial charge in [0.05, 0.1) is 7.11 Å². The van der Waals surface area contributed by atoms with E-state index >= 15 is 0 Å². The molecule has 0 saturated carbocycles. The van der Waals surface area contributed by atoms with Crippen molar-refractivity contribution in [3.63, 3.8) is 0 Å². The van der Waals surface area contributed by atoms with Gasteiger partial charge in [0.15, 0.2) is 0 Å². The van der Waals surface area contributed by atoms with Crippen LogP contribution < -0.4 is 10.1 Å². The number of ether oxygens (including phenoxy) is 1. The van der Waals surface area contributed by atoms with Crippen molar-refractivity contribution in [3.8, 4) is 17.0 Å². The number of nitrogens with one attached hydrogen (secondary N) is 1. The molecule has 3 rings (SSSR count).